The second-order valence-electron chi connectivity index (χ2n) is 4.59. The summed E-state index contributed by atoms with van der Waals surface area (Å²) in [7, 11) is 0. The van der Waals surface area contributed by atoms with Crippen molar-refractivity contribution >= 4 is 11.9 Å². The van der Waals surface area contributed by atoms with Crippen LogP contribution in [0.1, 0.15) is 34.1 Å². The minimum atomic E-state index is -0.874. The summed E-state index contributed by atoms with van der Waals surface area (Å²) in [6.45, 7) is 7.79. The Kier molecular flexibility index (Phi) is 4.74. The van der Waals surface area contributed by atoms with Crippen molar-refractivity contribution in [2.24, 2.45) is 5.73 Å². The number of rotatable bonds is 5. The van der Waals surface area contributed by atoms with Gasteiger partial charge in [-0.2, -0.15) is 0 Å². The molecule has 0 rings (SSSR count). The number of carboxylic acids is 1. The number of carbonyl (C=O) groups is 2. The minimum Gasteiger partial charge on any atom is -0.481 e. The number of primary amides is 1. The Morgan fingerprint density at radius 3 is 2.13 bits per heavy atom. The molecule has 0 aromatic carbocycles. The zero-order valence-electron chi connectivity index (χ0n) is 9.78. The monoisotopic (exact) mass is 216 g/mol. The fraction of sp³-hybridized carbons (Fsp3) is 0.800. The second kappa shape index (κ2) is 5.11. The number of carboxylic acid groups (broad SMARTS) is 1. The van der Waals surface area contributed by atoms with E-state index in [0.29, 0.717) is 6.54 Å². The zero-order valence-corrected chi connectivity index (χ0v) is 9.78. The molecular weight excluding hydrogens is 196 g/mol. The van der Waals surface area contributed by atoms with Crippen LogP contribution in [0.4, 0.5) is 0 Å². The van der Waals surface area contributed by atoms with Crippen LogP contribution in [-0.2, 0) is 9.59 Å². The number of hydrogen-bond donors (Lipinski definition) is 2. The van der Waals surface area contributed by atoms with Gasteiger partial charge in [0.15, 0.2) is 0 Å². The van der Waals surface area contributed by atoms with Crippen LogP contribution in [0.15, 0.2) is 0 Å². The standard InChI is InChI=1S/C10H20N2O3/c1-7(9(11)15)12(10(2,3)4)6-5-8(13)14/h7H,5-6H2,1-4H3,(H2,11,15)(H,13,14). The zero-order chi connectivity index (χ0) is 12.2. The third-order valence-corrected chi connectivity index (χ3v) is 2.31. The number of hydrogen-bond acceptors (Lipinski definition) is 3. The van der Waals surface area contributed by atoms with Gasteiger partial charge in [-0.25, -0.2) is 0 Å². The van der Waals surface area contributed by atoms with Crippen molar-refractivity contribution in [1.82, 2.24) is 4.90 Å². The molecule has 0 heterocycles. The quantitative estimate of drug-likeness (QED) is 0.698. The molecule has 1 atom stereocenters. The molecule has 0 saturated heterocycles. The maximum atomic E-state index is 11.1. The summed E-state index contributed by atoms with van der Waals surface area (Å²) in [6, 6.07) is -0.454. The van der Waals surface area contributed by atoms with Gasteiger partial charge in [-0.15, -0.1) is 0 Å². The van der Waals surface area contributed by atoms with Crippen molar-refractivity contribution in [3.63, 3.8) is 0 Å². The fourth-order valence-electron chi connectivity index (χ4n) is 1.48. The van der Waals surface area contributed by atoms with Crippen LogP contribution in [-0.4, -0.2) is 40.0 Å². The lowest BCUT2D eigenvalue weighted by Gasteiger charge is -2.38. The SMILES string of the molecule is CC(C(N)=O)N(CCC(=O)O)C(C)(C)C. The Hall–Kier alpha value is -1.10. The van der Waals surface area contributed by atoms with E-state index < -0.39 is 17.9 Å². The average molecular weight is 216 g/mol. The number of nitrogens with two attached hydrogens (primary N) is 1. The van der Waals surface area contributed by atoms with Crippen molar-refractivity contribution in [2.45, 2.75) is 45.7 Å². The number of nitrogens with zero attached hydrogens (tertiary/aromatic N) is 1. The lowest BCUT2D eigenvalue weighted by molar-refractivity contribution is -0.138. The average Bonchev–Trinajstić information content (AvgIpc) is 2.00. The van der Waals surface area contributed by atoms with Gasteiger partial charge in [0.1, 0.15) is 0 Å². The third kappa shape index (κ3) is 4.78. The second-order valence-corrected chi connectivity index (χ2v) is 4.59. The van der Waals surface area contributed by atoms with Crippen LogP contribution in [0.2, 0.25) is 0 Å². The Bertz CT molecular complexity index is 246. The van der Waals surface area contributed by atoms with Crippen LogP contribution in [0.3, 0.4) is 0 Å². The van der Waals surface area contributed by atoms with E-state index in [-0.39, 0.29) is 12.0 Å². The predicted octanol–water partition coefficient (Wildman–Crippen LogP) is 0.435. The first-order valence-corrected chi connectivity index (χ1v) is 4.94. The molecule has 5 nitrogen and oxygen atoms in total. The van der Waals surface area contributed by atoms with E-state index in [1.807, 2.05) is 20.8 Å². The van der Waals surface area contributed by atoms with E-state index in [0.717, 1.165) is 0 Å². The number of carbonyl (C=O) groups excluding carboxylic acids is 1. The van der Waals surface area contributed by atoms with Crippen LogP contribution < -0.4 is 5.73 Å². The van der Waals surface area contributed by atoms with Crippen molar-refractivity contribution in [3.8, 4) is 0 Å². The van der Waals surface area contributed by atoms with Gasteiger partial charge in [-0.1, -0.05) is 0 Å². The van der Waals surface area contributed by atoms with E-state index in [1.165, 1.54) is 0 Å². The Morgan fingerprint density at radius 2 is 1.87 bits per heavy atom. The molecule has 0 radical (unpaired) electrons. The molecule has 88 valence electrons. The van der Waals surface area contributed by atoms with Gasteiger partial charge in [0, 0.05) is 12.1 Å². The normalized spacial score (nSPS) is 13.9. The summed E-state index contributed by atoms with van der Waals surface area (Å²) in [6.07, 6.45) is 0.00882. The molecule has 0 aliphatic heterocycles. The van der Waals surface area contributed by atoms with Crippen LogP contribution in [0, 0.1) is 0 Å². The predicted molar refractivity (Wildman–Crippen MR) is 57.4 cm³/mol. The molecule has 0 fully saturated rings. The summed E-state index contributed by atoms with van der Waals surface area (Å²) in [5, 5.41) is 8.61. The van der Waals surface area contributed by atoms with Gasteiger partial charge in [0.2, 0.25) is 5.91 Å². The summed E-state index contributed by atoms with van der Waals surface area (Å²) in [5.74, 6) is -1.31. The lowest BCUT2D eigenvalue weighted by atomic mass is 10.0. The molecule has 0 aliphatic carbocycles. The number of amides is 1. The van der Waals surface area contributed by atoms with Crippen molar-refractivity contribution < 1.29 is 14.7 Å². The summed E-state index contributed by atoms with van der Waals surface area (Å²) in [4.78, 5) is 23.3. The molecule has 0 aromatic heterocycles. The molecule has 1 unspecified atom stereocenters. The van der Waals surface area contributed by atoms with Gasteiger partial charge in [0.25, 0.3) is 0 Å². The van der Waals surface area contributed by atoms with Gasteiger partial charge in [-0.05, 0) is 27.7 Å². The molecule has 0 aliphatic rings. The highest BCUT2D eigenvalue weighted by molar-refractivity contribution is 5.79. The van der Waals surface area contributed by atoms with Crippen LogP contribution in [0.25, 0.3) is 0 Å². The van der Waals surface area contributed by atoms with Crippen molar-refractivity contribution in [1.29, 1.82) is 0 Å². The van der Waals surface area contributed by atoms with E-state index in [4.69, 9.17) is 10.8 Å². The number of aliphatic carboxylic acids is 1. The van der Waals surface area contributed by atoms with E-state index in [9.17, 15) is 9.59 Å². The maximum absolute atomic E-state index is 11.1. The summed E-state index contributed by atoms with van der Waals surface area (Å²) < 4.78 is 0. The Labute approximate surface area is 90.2 Å². The van der Waals surface area contributed by atoms with Crippen LogP contribution >= 0.6 is 0 Å². The maximum Gasteiger partial charge on any atom is 0.304 e. The van der Waals surface area contributed by atoms with Crippen LogP contribution in [0.5, 0.6) is 0 Å². The third-order valence-electron chi connectivity index (χ3n) is 2.31. The smallest absolute Gasteiger partial charge is 0.304 e. The Balaban J connectivity index is 4.59. The molecule has 0 aromatic rings. The first-order chi connectivity index (χ1) is 6.66. The van der Waals surface area contributed by atoms with Gasteiger partial charge in [0.05, 0.1) is 12.5 Å². The largest absolute Gasteiger partial charge is 0.481 e. The summed E-state index contributed by atoms with van der Waals surface area (Å²) in [5.41, 5.74) is 4.94. The molecule has 1 amide bonds. The summed E-state index contributed by atoms with van der Waals surface area (Å²) >= 11 is 0. The van der Waals surface area contributed by atoms with E-state index >= 15 is 0 Å². The lowest BCUT2D eigenvalue weighted by Crippen LogP contribution is -2.52. The minimum absolute atomic E-state index is 0.00882. The molecule has 0 saturated carbocycles. The Morgan fingerprint density at radius 1 is 1.40 bits per heavy atom. The fourth-order valence-corrected chi connectivity index (χ4v) is 1.48. The highest BCUT2D eigenvalue weighted by Gasteiger charge is 2.29. The van der Waals surface area contributed by atoms with E-state index in [2.05, 4.69) is 0 Å². The van der Waals surface area contributed by atoms with E-state index in [1.54, 1.807) is 11.8 Å². The highest BCUT2D eigenvalue weighted by atomic mass is 16.4. The van der Waals surface area contributed by atoms with Gasteiger partial charge >= 0.3 is 5.97 Å². The molecule has 0 bridgehead atoms. The molecule has 0 spiro atoms. The van der Waals surface area contributed by atoms with Crippen molar-refractivity contribution in [3.05, 3.63) is 0 Å². The molecule has 3 N–H and O–H groups in total. The van der Waals surface area contributed by atoms with Gasteiger partial charge in [-0.3, -0.25) is 14.5 Å². The molecular formula is C10H20N2O3. The first-order valence-electron chi connectivity index (χ1n) is 4.94. The first kappa shape index (κ1) is 13.9. The topological polar surface area (TPSA) is 83.6 Å². The highest BCUT2D eigenvalue weighted by Crippen LogP contribution is 2.17. The van der Waals surface area contributed by atoms with Crippen molar-refractivity contribution in [2.75, 3.05) is 6.54 Å². The van der Waals surface area contributed by atoms with Gasteiger partial charge < -0.3 is 10.8 Å². The molecule has 15 heavy (non-hydrogen) atoms. The molecule has 5 heteroatoms.